The maximum absolute atomic E-state index is 5.73. The van der Waals surface area contributed by atoms with Crippen molar-refractivity contribution in [2.45, 2.75) is 6.92 Å². The molecule has 0 aliphatic rings. The van der Waals surface area contributed by atoms with Crippen molar-refractivity contribution in [2.75, 3.05) is 5.73 Å². The summed E-state index contributed by atoms with van der Waals surface area (Å²) in [5.41, 5.74) is 8.00. The normalized spacial score (nSPS) is 10.2. The Hall–Kier alpha value is -1.84. The predicted molar refractivity (Wildman–Crippen MR) is 48.9 cm³/mol. The molecule has 0 spiro atoms. The highest BCUT2D eigenvalue weighted by Crippen LogP contribution is 2.26. The Balaban J connectivity index is 2.59. The van der Waals surface area contributed by atoms with Crippen LogP contribution in [0.1, 0.15) is 5.69 Å². The molecular formula is C9H9N3O. The van der Waals surface area contributed by atoms with Crippen LogP contribution in [-0.4, -0.2) is 9.97 Å². The second-order valence-electron chi connectivity index (χ2n) is 2.73. The third-order valence-electron chi connectivity index (χ3n) is 1.84. The average molecular weight is 175 g/mol. The molecule has 0 aliphatic heterocycles. The first-order valence-electron chi connectivity index (χ1n) is 3.89. The summed E-state index contributed by atoms with van der Waals surface area (Å²) in [6.07, 6.45) is 4.68. The molecule has 2 rings (SSSR count). The molecule has 0 saturated heterocycles. The fraction of sp³-hybridized carbons (Fsp3) is 0.111. The second-order valence-corrected chi connectivity index (χ2v) is 2.73. The van der Waals surface area contributed by atoms with Crippen LogP contribution in [0.5, 0.6) is 0 Å². The molecule has 2 heterocycles. The molecule has 0 aliphatic carbocycles. The van der Waals surface area contributed by atoms with Crippen molar-refractivity contribution < 1.29 is 4.42 Å². The van der Waals surface area contributed by atoms with Crippen molar-refractivity contribution >= 4 is 5.69 Å². The standard InChI is InChI=1S/C9H9N3O/c1-6-9(13-5-12-6)7-2-3-11-4-8(7)10/h2-5H,10H2,1H3. The van der Waals surface area contributed by atoms with E-state index in [2.05, 4.69) is 9.97 Å². The van der Waals surface area contributed by atoms with E-state index in [1.807, 2.05) is 13.0 Å². The van der Waals surface area contributed by atoms with Gasteiger partial charge in [-0.2, -0.15) is 0 Å². The minimum absolute atomic E-state index is 0.599. The van der Waals surface area contributed by atoms with E-state index in [1.54, 1.807) is 12.4 Å². The van der Waals surface area contributed by atoms with E-state index in [9.17, 15) is 0 Å². The number of pyridine rings is 1. The number of hydrogen-bond acceptors (Lipinski definition) is 4. The van der Waals surface area contributed by atoms with Gasteiger partial charge in [-0.05, 0) is 13.0 Å². The van der Waals surface area contributed by atoms with E-state index in [-0.39, 0.29) is 0 Å². The fourth-order valence-electron chi connectivity index (χ4n) is 1.17. The monoisotopic (exact) mass is 175 g/mol. The number of nitrogens with two attached hydrogens (primary N) is 1. The van der Waals surface area contributed by atoms with E-state index >= 15 is 0 Å². The molecule has 0 unspecified atom stereocenters. The highest BCUT2D eigenvalue weighted by molar-refractivity contribution is 5.72. The molecule has 0 saturated carbocycles. The lowest BCUT2D eigenvalue weighted by Gasteiger charge is -2.00. The van der Waals surface area contributed by atoms with Gasteiger partial charge in [0.15, 0.2) is 12.2 Å². The Morgan fingerprint density at radius 1 is 1.46 bits per heavy atom. The minimum atomic E-state index is 0.599. The van der Waals surface area contributed by atoms with Crippen LogP contribution in [0.15, 0.2) is 29.3 Å². The van der Waals surface area contributed by atoms with E-state index < -0.39 is 0 Å². The summed E-state index contributed by atoms with van der Waals surface area (Å²) in [5, 5.41) is 0. The summed E-state index contributed by atoms with van der Waals surface area (Å²) in [6, 6.07) is 1.81. The summed E-state index contributed by atoms with van der Waals surface area (Å²) >= 11 is 0. The SMILES string of the molecule is Cc1ncoc1-c1ccncc1N. The molecule has 0 amide bonds. The van der Waals surface area contributed by atoms with Gasteiger partial charge in [-0.3, -0.25) is 4.98 Å². The number of oxazole rings is 1. The molecule has 0 bridgehead atoms. The van der Waals surface area contributed by atoms with E-state index in [0.29, 0.717) is 11.4 Å². The van der Waals surface area contributed by atoms with Gasteiger partial charge in [0.2, 0.25) is 0 Å². The lowest BCUT2D eigenvalue weighted by atomic mass is 10.1. The zero-order valence-electron chi connectivity index (χ0n) is 7.19. The van der Waals surface area contributed by atoms with Gasteiger partial charge in [0.25, 0.3) is 0 Å². The van der Waals surface area contributed by atoms with Crippen molar-refractivity contribution in [3.05, 3.63) is 30.5 Å². The maximum atomic E-state index is 5.73. The molecule has 13 heavy (non-hydrogen) atoms. The highest BCUT2D eigenvalue weighted by atomic mass is 16.3. The van der Waals surface area contributed by atoms with E-state index in [1.165, 1.54) is 6.39 Å². The Morgan fingerprint density at radius 2 is 2.31 bits per heavy atom. The van der Waals surface area contributed by atoms with Gasteiger partial charge in [0.1, 0.15) is 0 Å². The van der Waals surface area contributed by atoms with Crippen LogP contribution in [-0.2, 0) is 0 Å². The summed E-state index contributed by atoms with van der Waals surface area (Å²) in [4.78, 5) is 7.89. The van der Waals surface area contributed by atoms with Crippen molar-refractivity contribution in [3.63, 3.8) is 0 Å². The number of rotatable bonds is 1. The van der Waals surface area contributed by atoms with Gasteiger partial charge in [-0.1, -0.05) is 0 Å². The molecule has 2 N–H and O–H groups in total. The zero-order valence-corrected chi connectivity index (χ0v) is 7.19. The van der Waals surface area contributed by atoms with E-state index in [0.717, 1.165) is 11.3 Å². The molecule has 66 valence electrons. The van der Waals surface area contributed by atoms with Crippen LogP contribution in [0.25, 0.3) is 11.3 Å². The summed E-state index contributed by atoms with van der Waals surface area (Å²) in [5.74, 6) is 0.708. The molecule has 2 aromatic rings. The van der Waals surface area contributed by atoms with Gasteiger partial charge < -0.3 is 10.2 Å². The minimum Gasteiger partial charge on any atom is -0.443 e. The predicted octanol–water partition coefficient (Wildman–Crippen LogP) is 1.63. The van der Waals surface area contributed by atoms with Gasteiger partial charge in [-0.15, -0.1) is 0 Å². The van der Waals surface area contributed by atoms with Crippen molar-refractivity contribution in [1.82, 2.24) is 9.97 Å². The van der Waals surface area contributed by atoms with E-state index in [4.69, 9.17) is 10.2 Å². The number of aromatic nitrogens is 2. The largest absolute Gasteiger partial charge is 0.443 e. The van der Waals surface area contributed by atoms with Crippen molar-refractivity contribution in [2.24, 2.45) is 0 Å². The molecule has 0 atom stereocenters. The second kappa shape index (κ2) is 2.90. The van der Waals surface area contributed by atoms with Crippen molar-refractivity contribution in [1.29, 1.82) is 0 Å². The van der Waals surface area contributed by atoms with Gasteiger partial charge in [-0.25, -0.2) is 4.98 Å². The van der Waals surface area contributed by atoms with Crippen LogP contribution >= 0.6 is 0 Å². The molecule has 4 nitrogen and oxygen atoms in total. The first kappa shape index (κ1) is 7.79. The topological polar surface area (TPSA) is 64.9 Å². The van der Waals surface area contributed by atoms with Crippen LogP contribution in [0.3, 0.4) is 0 Å². The number of nitrogen functional groups attached to an aromatic ring is 1. The zero-order chi connectivity index (χ0) is 9.26. The Bertz CT molecular complexity index is 422. The molecule has 2 aromatic heterocycles. The summed E-state index contributed by atoms with van der Waals surface area (Å²) in [6.45, 7) is 1.87. The van der Waals surface area contributed by atoms with Gasteiger partial charge >= 0.3 is 0 Å². The Kier molecular flexibility index (Phi) is 1.73. The smallest absolute Gasteiger partial charge is 0.181 e. The Labute approximate surface area is 75.4 Å². The van der Waals surface area contributed by atoms with Crippen LogP contribution < -0.4 is 5.73 Å². The van der Waals surface area contributed by atoms with Gasteiger partial charge in [0.05, 0.1) is 17.6 Å². The first-order valence-corrected chi connectivity index (χ1v) is 3.89. The summed E-state index contributed by atoms with van der Waals surface area (Å²) in [7, 11) is 0. The summed E-state index contributed by atoms with van der Waals surface area (Å²) < 4.78 is 5.21. The van der Waals surface area contributed by atoms with Crippen LogP contribution in [0.2, 0.25) is 0 Å². The molecular weight excluding hydrogens is 166 g/mol. The lowest BCUT2D eigenvalue weighted by molar-refractivity contribution is 0.571. The molecule has 4 heteroatoms. The highest BCUT2D eigenvalue weighted by Gasteiger charge is 2.08. The number of hydrogen-bond donors (Lipinski definition) is 1. The average Bonchev–Trinajstić information content (AvgIpc) is 2.52. The van der Waals surface area contributed by atoms with Crippen LogP contribution in [0, 0.1) is 6.92 Å². The fourth-order valence-corrected chi connectivity index (χ4v) is 1.17. The number of anilines is 1. The first-order chi connectivity index (χ1) is 6.29. The van der Waals surface area contributed by atoms with Crippen molar-refractivity contribution in [3.8, 4) is 11.3 Å². The van der Waals surface area contributed by atoms with Crippen LogP contribution in [0.4, 0.5) is 5.69 Å². The number of nitrogens with zero attached hydrogens (tertiary/aromatic N) is 2. The maximum Gasteiger partial charge on any atom is 0.181 e. The quantitative estimate of drug-likeness (QED) is 0.715. The molecule has 0 radical (unpaired) electrons. The molecule has 0 aromatic carbocycles. The lowest BCUT2D eigenvalue weighted by Crippen LogP contribution is -1.90. The third kappa shape index (κ3) is 1.26. The van der Waals surface area contributed by atoms with Gasteiger partial charge in [0, 0.05) is 11.8 Å². The number of aryl methyl sites for hydroxylation is 1. The Morgan fingerprint density at radius 3 is 2.92 bits per heavy atom. The third-order valence-corrected chi connectivity index (χ3v) is 1.84. The molecule has 0 fully saturated rings.